The third-order valence-electron chi connectivity index (χ3n) is 3.36. The molecule has 0 fully saturated rings. The molecule has 0 unspecified atom stereocenters. The van der Waals surface area contributed by atoms with Gasteiger partial charge in [0.25, 0.3) is 0 Å². The van der Waals surface area contributed by atoms with Crippen LogP contribution < -0.4 is 10.5 Å². The molecule has 0 saturated carbocycles. The van der Waals surface area contributed by atoms with Gasteiger partial charge in [-0.2, -0.15) is 0 Å². The smallest absolute Gasteiger partial charge is 0.248 e. The molecule has 3 heteroatoms. The Morgan fingerprint density at radius 1 is 1.00 bits per heavy atom. The monoisotopic (exact) mass is 283 g/mol. The number of ether oxygens (including phenoxy) is 1. The van der Waals surface area contributed by atoms with E-state index in [0.29, 0.717) is 12.2 Å². The Kier molecular flexibility index (Phi) is 4.32. The van der Waals surface area contributed by atoms with Gasteiger partial charge < -0.3 is 10.5 Å². The van der Waals surface area contributed by atoms with Gasteiger partial charge in [0.1, 0.15) is 12.4 Å². The van der Waals surface area contributed by atoms with Crippen molar-refractivity contribution < 1.29 is 9.53 Å². The van der Waals surface area contributed by atoms with Gasteiger partial charge in [-0.15, -0.1) is 0 Å². The van der Waals surface area contributed by atoms with Crippen LogP contribution in [0.5, 0.6) is 5.75 Å². The second-order valence-corrected chi connectivity index (χ2v) is 6.12. The van der Waals surface area contributed by atoms with E-state index in [-0.39, 0.29) is 5.41 Å². The molecule has 0 atom stereocenters. The van der Waals surface area contributed by atoms with E-state index in [2.05, 4.69) is 45.0 Å². The summed E-state index contributed by atoms with van der Waals surface area (Å²) in [5.74, 6) is 0.291. The number of hydrogen-bond donors (Lipinski definition) is 1. The lowest BCUT2D eigenvalue weighted by Crippen LogP contribution is -2.11. The number of primary amides is 1. The van der Waals surface area contributed by atoms with Gasteiger partial charge in [0.2, 0.25) is 5.91 Å². The fraction of sp³-hybridized carbons (Fsp3) is 0.278. The molecule has 0 spiro atoms. The Hall–Kier alpha value is -2.29. The first-order chi connectivity index (χ1) is 9.86. The average Bonchev–Trinajstić information content (AvgIpc) is 2.45. The highest BCUT2D eigenvalue weighted by molar-refractivity contribution is 5.92. The Balaban J connectivity index is 1.98. The minimum absolute atomic E-state index is 0.157. The maximum atomic E-state index is 11.0. The molecule has 0 bridgehead atoms. The molecule has 3 nitrogen and oxygen atoms in total. The Labute approximate surface area is 125 Å². The summed E-state index contributed by atoms with van der Waals surface area (Å²) in [6.45, 7) is 7.08. The number of rotatable bonds is 4. The van der Waals surface area contributed by atoms with Gasteiger partial charge in [0, 0.05) is 5.56 Å². The van der Waals surface area contributed by atoms with Gasteiger partial charge in [0.05, 0.1) is 0 Å². The van der Waals surface area contributed by atoms with Crippen LogP contribution in [0.3, 0.4) is 0 Å². The lowest BCUT2D eigenvalue weighted by molar-refractivity contribution is 0.1000. The van der Waals surface area contributed by atoms with Crippen LogP contribution in [-0.2, 0) is 12.0 Å². The van der Waals surface area contributed by atoms with E-state index in [1.165, 1.54) is 5.56 Å². The summed E-state index contributed by atoms with van der Waals surface area (Å²) in [4.78, 5) is 11.0. The molecule has 1 amide bonds. The molecule has 0 aliphatic heterocycles. The zero-order chi connectivity index (χ0) is 15.5. The summed E-state index contributed by atoms with van der Waals surface area (Å²) in [6.07, 6.45) is 0. The van der Waals surface area contributed by atoms with Gasteiger partial charge in [0.15, 0.2) is 0 Å². The predicted molar refractivity (Wildman–Crippen MR) is 84.4 cm³/mol. The van der Waals surface area contributed by atoms with Crippen LogP contribution in [-0.4, -0.2) is 5.91 Å². The van der Waals surface area contributed by atoms with Crippen LogP contribution in [0.15, 0.2) is 48.5 Å². The first-order valence-corrected chi connectivity index (χ1v) is 6.98. The van der Waals surface area contributed by atoms with E-state index in [0.717, 1.165) is 11.3 Å². The molecule has 0 aliphatic rings. The van der Waals surface area contributed by atoms with E-state index in [4.69, 9.17) is 10.5 Å². The SMILES string of the molecule is CC(C)(C)c1ccc(COc2ccc(C(N)=O)cc2)cc1. The van der Waals surface area contributed by atoms with Crippen molar-refractivity contribution in [1.82, 2.24) is 0 Å². The highest BCUT2D eigenvalue weighted by atomic mass is 16.5. The number of benzene rings is 2. The molecule has 0 aliphatic carbocycles. The fourth-order valence-electron chi connectivity index (χ4n) is 1.98. The van der Waals surface area contributed by atoms with E-state index < -0.39 is 5.91 Å². The average molecular weight is 283 g/mol. The van der Waals surface area contributed by atoms with Crippen molar-refractivity contribution >= 4 is 5.91 Å². The van der Waals surface area contributed by atoms with Gasteiger partial charge >= 0.3 is 0 Å². The molecule has 2 aromatic rings. The number of carbonyl (C=O) groups excluding carboxylic acids is 1. The fourth-order valence-corrected chi connectivity index (χ4v) is 1.98. The topological polar surface area (TPSA) is 52.3 Å². The second kappa shape index (κ2) is 6.00. The summed E-state index contributed by atoms with van der Waals surface area (Å²) in [6, 6.07) is 15.3. The molecule has 0 aromatic heterocycles. The highest BCUT2D eigenvalue weighted by Crippen LogP contribution is 2.22. The maximum Gasteiger partial charge on any atom is 0.248 e. The molecule has 0 heterocycles. The van der Waals surface area contributed by atoms with E-state index >= 15 is 0 Å². The van der Waals surface area contributed by atoms with E-state index in [9.17, 15) is 4.79 Å². The number of amides is 1. The second-order valence-electron chi connectivity index (χ2n) is 6.12. The number of nitrogens with two attached hydrogens (primary N) is 1. The molecule has 0 saturated heterocycles. The van der Waals surface area contributed by atoms with Crippen LogP contribution in [0.1, 0.15) is 42.3 Å². The quantitative estimate of drug-likeness (QED) is 0.931. The molecule has 2 aromatic carbocycles. The minimum atomic E-state index is -0.431. The molecule has 21 heavy (non-hydrogen) atoms. The van der Waals surface area contributed by atoms with Gasteiger partial charge in [-0.05, 0) is 40.8 Å². The van der Waals surface area contributed by atoms with Crippen molar-refractivity contribution in [2.45, 2.75) is 32.8 Å². The molecule has 2 N–H and O–H groups in total. The summed E-state index contributed by atoms with van der Waals surface area (Å²) in [5, 5.41) is 0. The first kappa shape index (κ1) is 15.1. The maximum absolute atomic E-state index is 11.0. The Morgan fingerprint density at radius 2 is 1.57 bits per heavy atom. The highest BCUT2D eigenvalue weighted by Gasteiger charge is 2.12. The van der Waals surface area contributed by atoms with Crippen molar-refractivity contribution in [1.29, 1.82) is 0 Å². The van der Waals surface area contributed by atoms with Crippen molar-refractivity contribution in [2.24, 2.45) is 5.73 Å². The van der Waals surface area contributed by atoms with Gasteiger partial charge in [-0.3, -0.25) is 4.79 Å². The largest absolute Gasteiger partial charge is 0.489 e. The summed E-state index contributed by atoms with van der Waals surface area (Å²) in [7, 11) is 0. The third-order valence-corrected chi connectivity index (χ3v) is 3.36. The lowest BCUT2D eigenvalue weighted by Gasteiger charge is -2.19. The van der Waals surface area contributed by atoms with Crippen LogP contribution >= 0.6 is 0 Å². The molecule has 110 valence electrons. The molecular formula is C18H21NO2. The minimum Gasteiger partial charge on any atom is -0.489 e. The van der Waals surface area contributed by atoms with Crippen molar-refractivity contribution in [3.63, 3.8) is 0 Å². The van der Waals surface area contributed by atoms with E-state index in [1.54, 1.807) is 24.3 Å². The normalized spacial score (nSPS) is 11.2. The number of carbonyl (C=O) groups is 1. The molecular weight excluding hydrogens is 262 g/mol. The number of hydrogen-bond acceptors (Lipinski definition) is 2. The third kappa shape index (κ3) is 4.09. The lowest BCUT2D eigenvalue weighted by atomic mass is 9.87. The van der Waals surface area contributed by atoms with E-state index in [1.807, 2.05) is 0 Å². The van der Waals surface area contributed by atoms with Crippen LogP contribution in [0.4, 0.5) is 0 Å². The van der Waals surface area contributed by atoms with Crippen LogP contribution in [0, 0.1) is 0 Å². The zero-order valence-corrected chi connectivity index (χ0v) is 12.7. The Morgan fingerprint density at radius 3 is 2.05 bits per heavy atom. The summed E-state index contributed by atoms with van der Waals surface area (Å²) >= 11 is 0. The van der Waals surface area contributed by atoms with Crippen molar-refractivity contribution in [3.05, 3.63) is 65.2 Å². The van der Waals surface area contributed by atoms with Gasteiger partial charge in [-0.25, -0.2) is 0 Å². The van der Waals surface area contributed by atoms with Crippen LogP contribution in [0.25, 0.3) is 0 Å². The standard InChI is InChI=1S/C18H21NO2/c1-18(2,3)15-8-4-13(5-9-15)12-21-16-10-6-14(7-11-16)17(19)20/h4-11H,12H2,1-3H3,(H2,19,20). The van der Waals surface area contributed by atoms with Crippen molar-refractivity contribution in [3.8, 4) is 5.75 Å². The Bertz CT molecular complexity index is 607. The molecule has 2 rings (SSSR count). The summed E-state index contributed by atoms with van der Waals surface area (Å²) < 4.78 is 5.70. The molecule has 0 radical (unpaired) electrons. The first-order valence-electron chi connectivity index (χ1n) is 6.98. The predicted octanol–water partition coefficient (Wildman–Crippen LogP) is 3.66. The summed E-state index contributed by atoms with van der Waals surface area (Å²) in [5.41, 5.74) is 8.25. The zero-order valence-electron chi connectivity index (χ0n) is 12.7. The van der Waals surface area contributed by atoms with Gasteiger partial charge in [-0.1, -0.05) is 45.0 Å². The van der Waals surface area contributed by atoms with Crippen molar-refractivity contribution in [2.75, 3.05) is 0 Å². The van der Waals surface area contributed by atoms with Crippen LogP contribution in [0.2, 0.25) is 0 Å².